The Bertz CT molecular complexity index is 321. The molecule has 1 rings (SSSR count). The van der Waals surface area contributed by atoms with Crippen LogP contribution in [0.2, 0.25) is 0 Å². The van der Waals surface area contributed by atoms with Crippen LogP contribution in [-0.4, -0.2) is 31.8 Å². The Balaban J connectivity index is 2.65. The number of aliphatic hydroxyl groups excluding tert-OH is 1. The van der Waals surface area contributed by atoms with Gasteiger partial charge >= 0.3 is 0 Å². The fourth-order valence-electron chi connectivity index (χ4n) is 1.74. The number of aliphatic hydroxyl groups is 1. The quantitative estimate of drug-likeness (QED) is 0.794. The van der Waals surface area contributed by atoms with E-state index < -0.39 is 6.10 Å². The molecule has 17 heavy (non-hydrogen) atoms. The molecule has 0 aliphatic carbocycles. The van der Waals surface area contributed by atoms with Gasteiger partial charge in [0.2, 0.25) is 0 Å². The summed E-state index contributed by atoms with van der Waals surface area (Å²) in [7, 11) is 4.02. The van der Waals surface area contributed by atoms with Gasteiger partial charge in [-0.3, -0.25) is 0 Å². The summed E-state index contributed by atoms with van der Waals surface area (Å²) in [5, 5.41) is 13.5. The molecule has 0 spiro atoms. The highest BCUT2D eigenvalue weighted by Gasteiger charge is 2.15. The van der Waals surface area contributed by atoms with Crippen molar-refractivity contribution < 1.29 is 5.11 Å². The first-order valence-electron chi connectivity index (χ1n) is 6.25. The summed E-state index contributed by atoms with van der Waals surface area (Å²) in [5.74, 6) is 0. The molecule has 0 saturated carbocycles. The number of nitrogens with one attached hydrogen (secondary N) is 1. The first-order valence-corrected chi connectivity index (χ1v) is 6.25. The minimum Gasteiger partial charge on any atom is -0.387 e. The number of benzene rings is 1. The summed E-state index contributed by atoms with van der Waals surface area (Å²) < 4.78 is 0. The predicted octanol–water partition coefficient (Wildman–Crippen LogP) is 2.17. The third-order valence-corrected chi connectivity index (χ3v) is 2.94. The lowest BCUT2D eigenvalue weighted by atomic mass is 10.0. The van der Waals surface area contributed by atoms with Crippen LogP contribution in [0, 0.1) is 0 Å². The summed E-state index contributed by atoms with van der Waals surface area (Å²) in [4.78, 5) is 2.05. The van der Waals surface area contributed by atoms with Crippen LogP contribution >= 0.6 is 0 Å². The van der Waals surface area contributed by atoms with Gasteiger partial charge in [-0.15, -0.1) is 0 Å². The molecule has 0 aromatic heterocycles. The molecular weight excluding hydrogens is 212 g/mol. The first kappa shape index (κ1) is 14.0. The van der Waals surface area contributed by atoms with E-state index >= 15 is 0 Å². The minimum atomic E-state index is -0.447. The van der Waals surface area contributed by atoms with E-state index in [1.807, 2.05) is 45.3 Å². The topological polar surface area (TPSA) is 35.5 Å². The zero-order chi connectivity index (χ0) is 12.8. The SMILES string of the molecule is CCCNC(C)C(O)c1ccc(N(C)C)cc1. The molecule has 2 N–H and O–H groups in total. The van der Waals surface area contributed by atoms with Crippen molar-refractivity contribution in [3.63, 3.8) is 0 Å². The fraction of sp³-hybridized carbons (Fsp3) is 0.571. The summed E-state index contributed by atoms with van der Waals surface area (Å²) in [6.07, 6.45) is 0.633. The molecule has 0 amide bonds. The van der Waals surface area contributed by atoms with Crippen LogP contribution in [-0.2, 0) is 0 Å². The van der Waals surface area contributed by atoms with Gasteiger partial charge in [0, 0.05) is 25.8 Å². The zero-order valence-electron chi connectivity index (χ0n) is 11.3. The van der Waals surface area contributed by atoms with Gasteiger partial charge in [-0.05, 0) is 37.6 Å². The number of anilines is 1. The van der Waals surface area contributed by atoms with Gasteiger partial charge in [-0.1, -0.05) is 19.1 Å². The van der Waals surface area contributed by atoms with Crippen molar-refractivity contribution in [2.45, 2.75) is 32.4 Å². The van der Waals surface area contributed by atoms with Gasteiger partial charge in [0.25, 0.3) is 0 Å². The lowest BCUT2D eigenvalue weighted by molar-refractivity contribution is 0.136. The van der Waals surface area contributed by atoms with E-state index in [2.05, 4.69) is 17.1 Å². The Hall–Kier alpha value is -1.06. The van der Waals surface area contributed by atoms with Crippen LogP contribution in [0.5, 0.6) is 0 Å². The van der Waals surface area contributed by atoms with E-state index in [1.54, 1.807) is 0 Å². The predicted molar refractivity (Wildman–Crippen MR) is 73.5 cm³/mol. The Labute approximate surface area is 104 Å². The van der Waals surface area contributed by atoms with E-state index in [4.69, 9.17) is 0 Å². The second-order valence-corrected chi connectivity index (χ2v) is 4.67. The second kappa shape index (κ2) is 6.62. The summed E-state index contributed by atoms with van der Waals surface area (Å²) in [6.45, 7) is 5.08. The molecule has 3 nitrogen and oxygen atoms in total. The molecule has 0 saturated heterocycles. The first-order chi connectivity index (χ1) is 8.06. The zero-order valence-corrected chi connectivity index (χ0v) is 11.3. The maximum atomic E-state index is 10.2. The molecule has 0 aliphatic rings. The number of nitrogens with zero attached hydrogens (tertiary/aromatic N) is 1. The van der Waals surface area contributed by atoms with Crippen LogP contribution in [0.3, 0.4) is 0 Å². The molecule has 0 fully saturated rings. The summed E-state index contributed by atoms with van der Waals surface area (Å²) in [6, 6.07) is 8.13. The van der Waals surface area contributed by atoms with Crippen LogP contribution < -0.4 is 10.2 Å². The second-order valence-electron chi connectivity index (χ2n) is 4.67. The summed E-state index contributed by atoms with van der Waals surface area (Å²) >= 11 is 0. The van der Waals surface area contributed by atoms with E-state index in [0.717, 1.165) is 24.2 Å². The Morgan fingerprint density at radius 3 is 2.29 bits per heavy atom. The van der Waals surface area contributed by atoms with Crippen molar-refractivity contribution in [1.29, 1.82) is 0 Å². The molecule has 0 radical (unpaired) electrons. The van der Waals surface area contributed by atoms with Crippen LogP contribution in [0.15, 0.2) is 24.3 Å². The average Bonchev–Trinajstić information content (AvgIpc) is 2.35. The minimum absolute atomic E-state index is 0.0835. The van der Waals surface area contributed by atoms with Crippen LogP contribution in [0.4, 0.5) is 5.69 Å². The van der Waals surface area contributed by atoms with Gasteiger partial charge in [0.05, 0.1) is 6.10 Å². The van der Waals surface area contributed by atoms with E-state index in [-0.39, 0.29) is 6.04 Å². The lowest BCUT2D eigenvalue weighted by Gasteiger charge is -2.21. The van der Waals surface area contributed by atoms with E-state index in [1.165, 1.54) is 0 Å². The molecule has 96 valence electrons. The number of hydrogen-bond acceptors (Lipinski definition) is 3. The number of hydrogen-bond donors (Lipinski definition) is 2. The highest BCUT2D eigenvalue weighted by molar-refractivity contribution is 5.46. The largest absolute Gasteiger partial charge is 0.387 e. The normalized spacial score (nSPS) is 14.4. The Kier molecular flexibility index (Phi) is 5.45. The molecule has 2 unspecified atom stereocenters. The maximum absolute atomic E-state index is 10.2. The van der Waals surface area contributed by atoms with E-state index in [9.17, 15) is 5.11 Å². The van der Waals surface area contributed by atoms with Gasteiger partial charge < -0.3 is 15.3 Å². The molecule has 2 atom stereocenters. The fourth-order valence-corrected chi connectivity index (χ4v) is 1.74. The Morgan fingerprint density at radius 2 is 1.82 bits per heavy atom. The standard InChI is InChI=1S/C14H24N2O/c1-5-10-15-11(2)14(17)12-6-8-13(9-7-12)16(3)4/h6-9,11,14-15,17H,5,10H2,1-4H3. The Morgan fingerprint density at radius 1 is 1.24 bits per heavy atom. The van der Waals surface area contributed by atoms with Crippen LogP contribution in [0.25, 0.3) is 0 Å². The highest BCUT2D eigenvalue weighted by atomic mass is 16.3. The molecule has 0 bridgehead atoms. The van der Waals surface area contributed by atoms with Crippen molar-refractivity contribution in [2.24, 2.45) is 0 Å². The molecule has 0 heterocycles. The molecular formula is C14H24N2O. The molecule has 1 aromatic carbocycles. The highest BCUT2D eigenvalue weighted by Crippen LogP contribution is 2.20. The third-order valence-electron chi connectivity index (χ3n) is 2.94. The average molecular weight is 236 g/mol. The lowest BCUT2D eigenvalue weighted by Crippen LogP contribution is -2.32. The summed E-state index contributed by atoms with van der Waals surface area (Å²) in [5.41, 5.74) is 2.11. The van der Waals surface area contributed by atoms with Crippen LogP contribution in [0.1, 0.15) is 31.9 Å². The smallest absolute Gasteiger partial charge is 0.0940 e. The van der Waals surface area contributed by atoms with Gasteiger partial charge in [0.15, 0.2) is 0 Å². The number of rotatable bonds is 6. The molecule has 3 heteroatoms. The van der Waals surface area contributed by atoms with Gasteiger partial charge in [0.1, 0.15) is 0 Å². The van der Waals surface area contributed by atoms with Gasteiger partial charge in [-0.25, -0.2) is 0 Å². The molecule has 1 aromatic rings. The van der Waals surface area contributed by atoms with Crippen molar-refractivity contribution in [3.05, 3.63) is 29.8 Å². The molecule has 0 aliphatic heterocycles. The van der Waals surface area contributed by atoms with E-state index in [0.29, 0.717) is 0 Å². The van der Waals surface area contributed by atoms with Crippen molar-refractivity contribution in [1.82, 2.24) is 5.32 Å². The monoisotopic (exact) mass is 236 g/mol. The maximum Gasteiger partial charge on any atom is 0.0940 e. The van der Waals surface area contributed by atoms with Crippen molar-refractivity contribution in [3.8, 4) is 0 Å². The van der Waals surface area contributed by atoms with Gasteiger partial charge in [-0.2, -0.15) is 0 Å². The van der Waals surface area contributed by atoms with Crippen molar-refractivity contribution >= 4 is 5.69 Å². The third kappa shape index (κ3) is 4.02. The van der Waals surface area contributed by atoms with Crippen molar-refractivity contribution in [2.75, 3.05) is 25.5 Å².